The molecule has 1 amide bonds. The van der Waals surface area contributed by atoms with Crippen LogP contribution in [-0.4, -0.2) is 33.7 Å². The smallest absolute Gasteiger partial charge is 0.241 e. The van der Waals surface area contributed by atoms with Crippen molar-refractivity contribution in [2.75, 3.05) is 23.7 Å². The molecule has 2 rings (SSSR count). The molecule has 0 bridgehead atoms. The highest BCUT2D eigenvalue weighted by molar-refractivity contribution is 7.92. The van der Waals surface area contributed by atoms with Crippen LogP contribution in [0.5, 0.6) is 5.75 Å². The molecule has 0 heterocycles. The number of sulfonamides is 1. The fourth-order valence-corrected chi connectivity index (χ4v) is 3.11. The second kappa shape index (κ2) is 8.53. The maximum atomic E-state index is 12.2. The molecule has 0 atom stereocenters. The van der Waals surface area contributed by atoms with Crippen LogP contribution in [0.3, 0.4) is 0 Å². The van der Waals surface area contributed by atoms with E-state index in [0.717, 1.165) is 21.9 Å². The van der Waals surface area contributed by atoms with Crippen molar-refractivity contribution in [3.63, 3.8) is 0 Å². The number of carbonyl (C=O) groups is 1. The van der Waals surface area contributed by atoms with Crippen molar-refractivity contribution in [2.45, 2.75) is 13.5 Å². The molecule has 0 aliphatic rings. The molecule has 134 valence electrons. The monoisotopic (exact) mass is 362 g/mol. The summed E-state index contributed by atoms with van der Waals surface area (Å²) in [4.78, 5) is 12.2. The van der Waals surface area contributed by atoms with E-state index in [0.29, 0.717) is 18.8 Å². The Morgan fingerprint density at radius 3 is 2.28 bits per heavy atom. The molecule has 7 heteroatoms. The second-order valence-corrected chi connectivity index (χ2v) is 7.37. The van der Waals surface area contributed by atoms with Crippen LogP contribution in [0.25, 0.3) is 0 Å². The van der Waals surface area contributed by atoms with Gasteiger partial charge in [0.1, 0.15) is 12.3 Å². The minimum absolute atomic E-state index is 0.264. The summed E-state index contributed by atoms with van der Waals surface area (Å²) in [7, 11) is -3.55. The van der Waals surface area contributed by atoms with E-state index in [-0.39, 0.29) is 12.5 Å². The fourth-order valence-electron chi connectivity index (χ4n) is 2.25. The number of anilines is 1. The van der Waals surface area contributed by atoms with E-state index in [2.05, 4.69) is 5.32 Å². The lowest BCUT2D eigenvalue weighted by Gasteiger charge is -2.21. The van der Waals surface area contributed by atoms with Crippen LogP contribution >= 0.6 is 0 Å². The molecule has 0 saturated carbocycles. The average molecular weight is 362 g/mol. The van der Waals surface area contributed by atoms with Crippen LogP contribution in [-0.2, 0) is 21.4 Å². The van der Waals surface area contributed by atoms with Crippen molar-refractivity contribution in [1.82, 2.24) is 5.32 Å². The van der Waals surface area contributed by atoms with E-state index in [1.807, 2.05) is 31.2 Å². The molecule has 0 aliphatic heterocycles. The van der Waals surface area contributed by atoms with Crippen LogP contribution in [0.1, 0.15) is 12.5 Å². The van der Waals surface area contributed by atoms with E-state index in [4.69, 9.17) is 4.74 Å². The number of benzene rings is 2. The summed E-state index contributed by atoms with van der Waals surface area (Å²) < 4.78 is 30.4. The van der Waals surface area contributed by atoms with Crippen LogP contribution in [0, 0.1) is 0 Å². The van der Waals surface area contributed by atoms with Gasteiger partial charge in [0.2, 0.25) is 15.9 Å². The summed E-state index contributed by atoms with van der Waals surface area (Å²) in [6, 6.07) is 15.9. The quantitative estimate of drug-likeness (QED) is 0.781. The maximum absolute atomic E-state index is 12.2. The lowest BCUT2D eigenvalue weighted by Crippen LogP contribution is -2.40. The molecule has 0 unspecified atom stereocenters. The van der Waals surface area contributed by atoms with Gasteiger partial charge in [-0.2, -0.15) is 0 Å². The predicted octanol–water partition coefficient (Wildman–Crippen LogP) is 2.17. The zero-order valence-electron chi connectivity index (χ0n) is 14.3. The van der Waals surface area contributed by atoms with Gasteiger partial charge in [0.25, 0.3) is 0 Å². The summed E-state index contributed by atoms with van der Waals surface area (Å²) >= 11 is 0. The third-order valence-corrected chi connectivity index (χ3v) is 4.60. The zero-order valence-corrected chi connectivity index (χ0v) is 15.1. The van der Waals surface area contributed by atoms with E-state index in [9.17, 15) is 13.2 Å². The Hall–Kier alpha value is -2.54. The topological polar surface area (TPSA) is 75.7 Å². The molecular weight excluding hydrogens is 340 g/mol. The Labute approximate surface area is 148 Å². The predicted molar refractivity (Wildman–Crippen MR) is 98.1 cm³/mol. The minimum Gasteiger partial charge on any atom is -0.494 e. The van der Waals surface area contributed by atoms with E-state index >= 15 is 0 Å². The summed E-state index contributed by atoms with van der Waals surface area (Å²) in [5.74, 6) is 0.396. The van der Waals surface area contributed by atoms with Gasteiger partial charge in [-0.3, -0.25) is 9.10 Å². The van der Waals surface area contributed by atoms with Gasteiger partial charge in [-0.05, 0) is 36.8 Å². The molecule has 0 aromatic heterocycles. The Morgan fingerprint density at radius 1 is 1.08 bits per heavy atom. The number of ether oxygens (including phenoxy) is 1. The van der Waals surface area contributed by atoms with Crippen molar-refractivity contribution in [2.24, 2.45) is 0 Å². The molecule has 0 spiro atoms. The Balaban J connectivity index is 1.97. The first-order chi connectivity index (χ1) is 11.9. The number of carbonyl (C=O) groups excluding carboxylic acids is 1. The first-order valence-electron chi connectivity index (χ1n) is 7.91. The van der Waals surface area contributed by atoms with Gasteiger partial charge in [-0.15, -0.1) is 0 Å². The van der Waals surface area contributed by atoms with Crippen molar-refractivity contribution >= 4 is 21.6 Å². The van der Waals surface area contributed by atoms with Gasteiger partial charge in [0.15, 0.2) is 0 Å². The molecule has 6 nitrogen and oxygen atoms in total. The van der Waals surface area contributed by atoms with Crippen molar-refractivity contribution in [3.8, 4) is 5.75 Å². The molecule has 0 aliphatic carbocycles. The summed E-state index contributed by atoms with van der Waals surface area (Å²) in [6.45, 7) is 2.56. The van der Waals surface area contributed by atoms with E-state index < -0.39 is 10.0 Å². The maximum Gasteiger partial charge on any atom is 0.241 e. The van der Waals surface area contributed by atoms with Gasteiger partial charge in [0.05, 0.1) is 18.6 Å². The first kappa shape index (κ1) is 18.8. The number of para-hydroxylation sites is 1. The summed E-state index contributed by atoms with van der Waals surface area (Å²) in [5.41, 5.74) is 1.36. The summed E-state index contributed by atoms with van der Waals surface area (Å²) in [6.07, 6.45) is 1.08. The molecule has 2 aromatic rings. The van der Waals surface area contributed by atoms with Crippen molar-refractivity contribution in [1.29, 1.82) is 0 Å². The zero-order chi connectivity index (χ0) is 18.3. The molecule has 0 fully saturated rings. The lowest BCUT2D eigenvalue weighted by atomic mass is 10.2. The highest BCUT2D eigenvalue weighted by Crippen LogP contribution is 2.16. The molecule has 1 N–H and O–H groups in total. The van der Waals surface area contributed by atoms with Gasteiger partial charge in [-0.25, -0.2) is 8.42 Å². The van der Waals surface area contributed by atoms with Gasteiger partial charge in [0, 0.05) is 6.54 Å². The number of rotatable bonds is 8. The van der Waals surface area contributed by atoms with E-state index in [1.54, 1.807) is 30.3 Å². The molecular formula is C18H22N2O4S. The minimum atomic E-state index is -3.55. The average Bonchev–Trinajstić information content (AvgIpc) is 2.59. The normalized spacial score (nSPS) is 11.0. The van der Waals surface area contributed by atoms with Crippen LogP contribution in [0.15, 0.2) is 54.6 Å². The van der Waals surface area contributed by atoms with Gasteiger partial charge in [-0.1, -0.05) is 30.3 Å². The first-order valence-corrected chi connectivity index (χ1v) is 9.76. The standard InChI is InChI=1S/C18H22N2O4S/c1-3-24-17-11-9-15(10-12-17)13-19-18(21)14-20(25(2,22)23)16-7-5-4-6-8-16/h4-12H,3,13-14H2,1-2H3,(H,19,21). The highest BCUT2D eigenvalue weighted by atomic mass is 32.2. The van der Waals surface area contributed by atoms with Gasteiger partial charge < -0.3 is 10.1 Å². The van der Waals surface area contributed by atoms with Crippen molar-refractivity contribution in [3.05, 3.63) is 60.2 Å². The Kier molecular flexibility index (Phi) is 6.41. The fraction of sp³-hybridized carbons (Fsp3) is 0.278. The number of nitrogens with zero attached hydrogens (tertiary/aromatic N) is 1. The van der Waals surface area contributed by atoms with Crippen LogP contribution in [0.4, 0.5) is 5.69 Å². The number of nitrogens with one attached hydrogen (secondary N) is 1. The van der Waals surface area contributed by atoms with Gasteiger partial charge >= 0.3 is 0 Å². The molecule has 0 saturated heterocycles. The third kappa shape index (κ3) is 5.79. The summed E-state index contributed by atoms with van der Waals surface area (Å²) in [5, 5.41) is 2.74. The molecule has 2 aromatic carbocycles. The largest absolute Gasteiger partial charge is 0.494 e. The molecule has 25 heavy (non-hydrogen) atoms. The number of hydrogen-bond acceptors (Lipinski definition) is 4. The number of hydrogen-bond donors (Lipinski definition) is 1. The lowest BCUT2D eigenvalue weighted by molar-refractivity contribution is -0.119. The third-order valence-electron chi connectivity index (χ3n) is 3.46. The second-order valence-electron chi connectivity index (χ2n) is 5.46. The van der Waals surface area contributed by atoms with Crippen LogP contribution < -0.4 is 14.4 Å². The van der Waals surface area contributed by atoms with Crippen LogP contribution in [0.2, 0.25) is 0 Å². The SMILES string of the molecule is CCOc1ccc(CNC(=O)CN(c2ccccc2)S(C)(=O)=O)cc1. The highest BCUT2D eigenvalue weighted by Gasteiger charge is 2.20. The van der Waals surface area contributed by atoms with Crippen molar-refractivity contribution < 1.29 is 17.9 Å². The Bertz CT molecular complexity index is 790. The number of amides is 1. The molecule has 0 radical (unpaired) electrons. The van der Waals surface area contributed by atoms with E-state index in [1.165, 1.54) is 0 Å². The Morgan fingerprint density at radius 2 is 1.72 bits per heavy atom.